The summed E-state index contributed by atoms with van der Waals surface area (Å²) in [6.45, 7) is 8.58. The zero-order valence-electron chi connectivity index (χ0n) is 18.0. The molecule has 31 heavy (non-hydrogen) atoms. The molecule has 2 aromatic carbocycles. The highest BCUT2D eigenvalue weighted by Crippen LogP contribution is 2.29. The zero-order chi connectivity index (χ0) is 22.1. The molecule has 2 heterocycles. The smallest absolute Gasteiger partial charge is 0.289 e. The maximum Gasteiger partial charge on any atom is 0.289 e. The second-order valence-electron chi connectivity index (χ2n) is 8.06. The number of halogens is 1. The average Bonchev–Trinajstić information content (AvgIpc) is 3.07. The van der Waals surface area contributed by atoms with E-state index in [-0.39, 0.29) is 11.8 Å². The van der Waals surface area contributed by atoms with E-state index in [9.17, 15) is 9.59 Å². The molecule has 0 saturated carbocycles. The lowest BCUT2D eigenvalue weighted by molar-refractivity contribution is -0.117. The van der Waals surface area contributed by atoms with Gasteiger partial charge in [-0.1, -0.05) is 23.7 Å². The van der Waals surface area contributed by atoms with Gasteiger partial charge in [-0.2, -0.15) is 0 Å². The quantitative estimate of drug-likeness (QED) is 0.654. The highest BCUT2D eigenvalue weighted by Gasteiger charge is 2.27. The van der Waals surface area contributed by atoms with E-state index in [1.54, 1.807) is 17.0 Å². The molecular formula is C24H26ClN3O3. The number of carbonyl (C=O) groups is 2. The van der Waals surface area contributed by atoms with E-state index in [2.05, 4.69) is 10.2 Å². The SMILES string of the molecule is Cc1cccc(NC(=O)CN2CCN(C(=O)c3oc4ccc(Cl)cc4c3C)CC2)c1C. The molecule has 0 unspecified atom stereocenters. The van der Waals surface area contributed by atoms with Crippen LogP contribution in [0.2, 0.25) is 5.02 Å². The molecule has 0 aliphatic carbocycles. The molecular weight excluding hydrogens is 414 g/mol. The largest absolute Gasteiger partial charge is 0.451 e. The lowest BCUT2D eigenvalue weighted by Gasteiger charge is -2.34. The van der Waals surface area contributed by atoms with Crippen molar-refractivity contribution in [2.24, 2.45) is 0 Å². The second kappa shape index (κ2) is 8.73. The topological polar surface area (TPSA) is 65.8 Å². The number of rotatable bonds is 4. The Bertz CT molecular complexity index is 1150. The van der Waals surface area contributed by atoms with Crippen LogP contribution in [0.1, 0.15) is 27.2 Å². The Morgan fingerprint density at radius 3 is 2.52 bits per heavy atom. The third-order valence-electron chi connectivity index (χ3n) is 6.00. The number of aryl methyl sites for hydroxylation is 2. The van der Waals surface area contributed by atoms with Crippen LogP contribution >= 0.6 is 11.6 Å². The number of hydrogen-bond donors (Lipinski definition) is 1. The van der Waals surface area contributed by atoms with Gasteiger partial charge in [0.25, 0.3) is 5.91 Å². The molecule has 1 aliphatic rings. The fourth-order valence-electron chi connectivity index (χ4n) is 3.93. The van der Waals surface area contributed by atoms with Crippen LogP contribution in [0.3, 0.4) is 0 Å². The van der Waals surface area contributed by atoms with E-state index in [1.165, 1.54) is 0 Å². The van der Waals surface area contributed by atoms with Crippen LogP contribution in [0.15, 0.2) is 40.8 Å². The van der Waals surface area contributed by atoms with Crippen LogP contribution in [0.25, 0.3) is 11.0 Å². The average molecular weight is 440 g/mol. The van der Waals surface area contributed by atoms with Crippen LogP contribution in [0, 0.1) is 20.8 Å². The normalized spacial score (nSPS) is 14.8. The highest BCUT2D eigenvalue weighted by atomic mass is 35.5. The highest BCUT2D eigenvalue weighted by molar-refractivity contribution is 6.31. The van der Waals surface area contributed by atoms with E-state index in [0.717, 1.165) is 27.8 Å². The molecule has 1 aromatic heterocycles. The third-order valence-corrected chi connectivity index (χ3v) is 6.23. The lowest BCUT2D eigenvalue weighted by atomic mass is 10.1. The van der Waals surface area contributed by atoms with Gasteiger partial charge in [0.15, 0.2) is 5.76 Å². The molecule has 4 rings (SSSR count). The number of anilines is 1. The number of amides is 2. The van der Waals surface area contributed by atoms with E-state index in [0.29, 0.717) is 49.1 Å². The molecule has 7 heteroatoms. The molecule has 0 radical (unpaired) electrons. The number of hydrogen-bond acceptors (Lipinski definition) is 4. The molecule has 0 bridgehead atoms. The van der Waals surface area contributed by atoms with Gasteiger partial charge in [0, 0.05) is 47.8 Å². The van der Waals surface area contributed by atoms with Gasteiger partial charge < -0.3 is 14.6 Å². The molecule has 3 aromatic rings. The fourth-order valence-corrected chi connectivity index (χ4v) is 4.10. The van der Waals surface area contributed by atoms with Gasteiger partial charge in [-0.05, 0) is 56.2 Å². The van der Waals surface area contributed by atoms with Gasteiger partial charge in [-0.3, -0.25) is 14.5 Å². The molecule has 162 valence electrons. The Morgan fingerprint density at radius 1 is 1.03 bits per heavy atom. The summed E-state index contributed by atoms with van der Waals surface area (Å²) in [5.74, 6) is 0.196. The van der Waals surface area contributed by atoms with Crippen molar-refractivity contribution in [3.05, 3.63) is 63.9 Å². The standard InChI is InChI=1S/C24H26ClN3O3/c1-15-5-4-6-20(16(15)2)26-22(29)14-27-9-11-28(12-10-27)24(30)23-17(3)19-13-18(25)7-8-21(19)31-23/h4-8,13H,9-12,14H2,1-3H3,(H,26,29). The van der Waals surface area contributed by atoms with E-state index in [1.807, 2.05) is 45.0 Å². The minimum Gasteiger partial charge on any atom is -0.451 e. The predicted octanol–water partition coefficient (Wildman–Crippen LogP) is 4.41. The first-order chi connectivity index (χ1) is 14.8. The molecule has 1 N–H and O–H groups in total. The van der Waals surface area contributed by atoms with E-state index < -0.39 is 0 Å². The summed E-state index contributed by atoms with van der Waals surface area (Å²) in [4.78, 5) is 29.4. The molecule has 1 aliphatic heterocycles. The minimum absolute atomic E-state index is 0.0431. The Balaban J connectivity index is 1.35. The van der Waals surface area contributed by atoms with Crippen molar-refractivity contribution in [1.82, 2.24) is 9.80 Å². The number of piperazine rings is 1. The van der Waals surface area contributed by atoms with Crippen molar-refractivity contribution in [1.29, 1.82) is 0 Å². The first-order valence-corrected chi connectivity index (χ1v) is 10.8. The Morgan fingerprint density at radius 2 is 1.77 bits per heavy atom. The summed E-state index contributed by atoms with van der Waals surface area (Å²) in [5.41, 5.74) is 4.53. The van der Waals surface area contributed by atoms with Gasteiger partial charge in [0.1, 0.15) is 5.58 Å². The maximum absolute atomic E-state index is 13.0. The first kappa shape index (κ1) is 21.4. The second-order valence-corrected chi connectivity index (χ2v) is 8.50. The summed E-state index contributed by atoms with van der Waals surface area (Å²) >= 11 is 6.08. The van der Waals surface area contributed by atoms with Crippen molar-refractivity contribution in [3.8, 4) is 0 Å². The fraction of sp³-hybridized carbons (Fsp3) is 0.333. The van der Waals surface area contributed by atoms with Crippen molar-refractivity contribution >= 4 is 40.1 Å². The molecule has 6 nitrogen and oxygen atoms in total. The lowest BCUT2D eigenvalue weighted by Crippen LogP contribution is -2.50. The van der Waals surface area contributed by atoms with Crippen molar-refractivity contribution < 1.29 is 14.0 Å². The van der Waals surface area contributed by atoms with E-state index in [4.69, 9.17) is 16.0 Å². The maximum atomic E-state index is 13.0. The minimum atomic E-state index is -0.121. The first-order valence-electron chi connectivity index (χ1n) is 10.4. The Labute approximate surface area is 186 Å². The van der Waals surface area contributed by atoms with Crippen LogP contribution in [-0.2, 0) is 4.79 Å². The van der Waals surface area contributed by atoms with Gasteiger partial charge in [-0.15, -0.1) is 0 Å². The summed E-state index contributed by atoms with van der Waals surface area (Å²) < 4.78 is 5.82. The number of nitrogens with zero attached hydrogens (tertiary/aromatic N) is 2. The van der Waals surface area contributed by atoms with E-state index >= 15 is 0 Å². The van der Waals surface area contributed by atoms with Gasteiger partial charge in [0.2, 0.25) is 5.91 Å². The molecule has 0 atom stereocenters. The predicted molar refractivity (Wildman–Crippen MR) is 123 cm³/mol. The van der Waals surface area contributed by atoms with Gasteiger partial charge >= 0.3 is 0 Å². The Hall–Kier alpha value is -2.83. The van der Waals surface area contributed by atoms with Crippen LogP contribution in [0.5, 0.6) is 0 Å². The number of benzene rings is 2. The van der Waals surface area contributed by atoms with Crippen LogP contribution < -0.4 is 5.32 Å². The molecule has 1 fully saturated rings. The molecule has 1 saturated heterocycles. The molecule has 2 amide bonds. The third kappa shape index (κ3) is 4.45. The zero-order valence-corrected chi connectivity index (χ0v) is 18.8. The van der Waals surface area contributed by atoms with Crippen LogP contribution in [0.4, 0.5) is 5.69 Å². The summed E-state index contributed by atoms with van der Waals surface area (Å²) in [5, 5.41) is 4.47. The summed E-state index contributed by atoms with van der Waals surface area (Å²) in [6.07, 6.45) is 0. The van der Waals surface area contributed by atoms with Crippen molar-refractivity contribution in [2.75, 3.05) is 38.0 Å². The van der Waals surface area contributed by atoms with Gasteiger partial charge in [-0.25, -0.2) is 0 Å². The summed E-state index contributed by atoms with van der Waals surface area (Å²) in [6, 6.07) is 11.2. The number of nitrogens with one attached hydrogen (secondary N) is 1. The monoisotopic (exact) mass is 439 g/mol. The Kier molecular flexibility index (Phi) is 6.03. The van der Waals surface area contributed by atoms with Crippen molar-refractivity contribution in [2.45, 2.75) is 20.8 Å². The molecule has 0 spiro atoms. The van der Waals surface area contributed by atoms with Crippen molar-refractivity contribution in [3.63, 3.8) is 0 Å². The summed E-state index contributed by atoms with van der Waals surface area (Å²) in [7, 11) is 0. The van der Waals surface area contributed by atoms with Crippen LogP contribution in [-0.4, -0.2) is 54.3 Å². The number of carbonyl (C=O) groups excluding carboxylic acids is 2. The number of furan rings is 1. The van der Waals surface area contributed by atoms with Gasteiger partial charge in [0.05, 0.1) is 6.54 Å². The number of fused-ring (bicyclic) bond motifs is 1.